The molecule has 2 N–H and O–H groups in total. The van der Waals surface area contributed by atoms with Gasteiger partial charge in [0.15, 0.2) is 0 Å². The fourth-order valence-corrected chi connectivity index (χ4v) is 5.80. The van der Waals surface area contributed by atoms with Crippen molar-refractivity contribution in [2.75, 3.05) is 0 Å². The molecule has 0 saturated heterocycles. The lowest BCUT2D eigenvalue weighted by atomic mass is 9.84. The maximum atomic E-state index is 13.4. The van der Waals surface area contributed by atoms with Crippen LogP contribution in [-0.4, -0.2) is 31.9 Å². The number of hydrogen-bond acceptors (Lipinski definition) is 6. The van der Waals surface area contributed by atoms with Crippen LogP contribution in [0.4, 0.5) is 0 Å². The van der Waals surface area contributed by atoms with Gasteiger partial charge in [-0.2, -0.15) is 5.26 Å². The molecule has 0 aromatic heterocycles. The zero-order valence-corrected chi connectivity index (χ0v) is 20.6. The van der Waals surface area contributed by atoms with E-state index in [2.05, 4.69) is 15.0 Å². The fourth-order valence-electron chi connectivity index (χ4n) is 4.56. The Balaban J connectivity index is 1.57. The second-order valence-corrected chi connectivity index (χ2v) is 10.9. The summed E-state index contributed by atoms with van der Waals surface area (Å²) in [7, 11) is -3.73. The molecule has 0 radical (unpaired) electrons. The van der Waals surface area contributed by atoms with Gasteiger partial charge in [-0.25, -0.2) is 8.42 Å². The Kier molecular flexibility index (Phi) is 7.53. The molecule has 1 fully saturated rings. The second-order valence-electron chi connectivity index (χ2n) is 9.24. The average Bonchev–Trinajstić information content (AvgIpc) is 3.13. The minimum Gasteiger partial charge on any atom is -0.339 e. The molecule has 1 aliphatic heterocycles. The summed E-state index contributed by atoms with van der Waals surface area (Å²) < 4.78 is 33.4. The molecular formula is C26H30N4O4S. The molecule has 9 heteroatoms. The van der Waals surface area contributed by atoms with Gasteiger partial charge >= 0.3 is 0 Å². The Bertz CT molecular complexity index is 1230. The first-order chi connectivity index (χ1) is 16.8. The van der Waals surface area contributed by atoms with Gasteiger partial charge in [0, 0.05) is 5.56 Å². The van der Waals surface area contributed by atoms with E-state index in [1.165, 1.54) is 19.4 Å². The molecule has 2 aliphatic rings. The summed E-state index contributed by atoms with van der Waals surface area (Å²) in [5, 5.41) is 12.5. The Morgan fingerprint density at radius 2 is 1.86 bits per heavy atom. The third-order valence-electron chi connectivity index (χ3n) is 6.48. The monoisotopic (exact) mass is 494 g/mol. The minimum absolute atomic E-state index is 0.142. The zero-order chi connectivity index (χ0) is 24.9. The summed E-state index contributed by atoms with van der Waals surface area (Å²) in [6.07, 6.45) is 5.84. The van der Waals surface area contributed by atoms with Crippen molar-refractivity contribution < 1.29 is 17.9 Å². The molecule has 0 spiro atoms. The third kappa shape index (κ3) is 6.08. The highest BCUT2D eigenvalue weighted by atomic mass is 32.2. The number of nitrogens with zero attached hydrogens (tertiary/aromatic N) is 2. The Morgan fingerprint density at radius 1 is 1.17 bits per heavy atom. The van der Waals surface area contributed by atoms with Crippen molar-refractivity contribution in [2.24, 2.45) is 10.9 Å². The van der Waals surface area contributed by atoms with Gasteiger partial charge in [0.2, 0.25) is 11.6 Å². The maximum absolute atomic E-state index is 13.4. The van der Waals surface area contributed by atoms with Gasteiger partial charge < -0.3 is 10.1 Å². The number of amidine groups is 1. The summed E-state index contributed by atoms with van der Waals surface area (Å²) in [4.78, 5) is 18.2. The van der Waals surface area contributed by atoms with Crippen LogP contribution in [0.5, 0.6) is 0 Å². The topological polar surface area (TPSA) is 121 Å². The van der Waals surface area contributed by atoms with Crippen molar-refractivity contribution in [1.29, 1.82) is 5.26 Å². The molecule has 35 heavy (non-hydrogen) atoms. The number of amides is 1. The van der Waals surface area contributed by atoms with Gasteiger partial charge in [-0.15, -0.1) is 0 Å². The van der Waals surface area contributed by atoms with E-state index in [4.69, 9.17) is 4.74 Å². The number of sulfonamides is 1. The average molecular weight is 495 g/mol. The van der Waals surface area contributed by atoms with Gasteiger partial charge in [-0.05, 0) is 37.0 Å². The molecule has 1 heterocycles. The van der Waals surface area contributed by atoms with Crippen LogP contribution in [0, 0.1) is 17.2 Å². The number of aliphatic imine (C=N–C) groups is 1. The van der Waals surface area contributed by atoms with E-state index in [0.29, 0.717) is 17.9 Å². The smallest absolute Gasteiger partial charge is 0.263 e. The van der Waals surface area contributed by atoms with Crippen LogP contribution in [-0.2, 0) is 26.2 Å². The normalized spacial score (nSPS) is 20.7. The molecule has 2 unspecified atom stereocenters. The lowest BCUT2D eigenvalue weighted by Gasteiger charge is -2.28. The lowest BCUT2D eigenvalue weighted by Crippen LogP contribution is -2.51. The van der Waals surface area contributed by atoms with Crippen LogP contribution in [0.1, 0.15) is 56.6 Å². The number of benzene rings is 2. The first-order valence-electron chi connectivity index (χ1n) is 11.9. The highest BCUT2D eigenvalue weighted by Crippen LogP contribution is 2.29. The Morgan fingerprint density at radius 3 is 2.57 bits per heavy atom. The molecule has 2 aromatic carbocycles. The van der Waals surface area contributed by atoms with Crippen LogP contribution in [0.3, 0.4) is 0 Å². The van der Waals surface area contributed by atoms with Crippen molar-refractivity contribution in [3.63, 3.8) is 0 Å². The number of carbonyl (C=O) groups is 1. The molecule has 2 aromatic rings. The maximum Gasteiger partial charge on any atom is 0.263 e. The summed E-state index contributed by atoms with van der Waals surface area (Å²) in [5.74, 6) is -0.0140. The van der Waals surface area contributed by atoms with E-state index in [0.717, 1.165) is 31.2 Å². The highest BCUT2D eigenvalue weighted by Gasteiger charge is 2.35. The minimum atomic E-state index is -3.73. The molecule has 1 aliphatic carbocycles. The van der Waals surface area contributed by atoms with Gasteiger partial charge in [-0.1, -0.05) is 74.6 Å². The largest absolute Gasteiger partial charge is 0.339 e. The van der Waals surface area contributed by atoms with Crippen LogP contribution >= 0.6 is 0 Å². The van der Waals surface area contributed by atoms with Crippen molar-refractivity contribution in [3.8, 4) is 6.07 Å². The van der Waals surface area contributed by atoms with E-state index in [9.17, 15) is 18.5 Å². The van der Waals surface area contributed by atoms with Crippen molar-refractivity contribution >= 4 is 21.8 Å². The number of nitriles is 1. The number of ether oxygens (including phenoxy) is 1. The molecule has 1 amide bonds. The van der Waals surface area contributed by atoms with Crippen molar-refractivity contribution in [3.05, 3.63) is 65.7 Å². The second kappa shape index (κ2) is 10.6. The molecule has 2 atom stereocenters. The first kappa shape index (κ1) is 24.9. The van der Waals surface area contributed by atoms with Gasteiger partial charge in [0.25, 0.3) is 10.0 Å². The Labute approximate surface area is 206 Å². The molecule has 1 saturated carbocycles. The predicted octanol–water partition coefficient (Wildman–Crippen LogP) is 3.64. The number of fused-ring (bicyclic) bond motifs is 1. The SMILES string of the molecule is CC(C#N)(NC(=O)C(CC1CCCCC1)N=C1NS(=O)(=O)c2ccccc21)OCc1ccccc1. The third-order valence-corrected chi connectivity index (χ3v) is 7.87. The molecule has 8 nitrogen and oxygen atoms in total. The summed E-state index contributed by atoms with van der Waals surface area (Å²) in [6, 6.07) is 17.1. The highest BCUT2D eigenvalue weighted by molar-refractivity contribution is 7.90. The van der Waals surface area contributed by atoms with E-state index < -0.39 is 27.7 Å². The van der Waals surface area contributed by atoms with E-state index in [1.54, 1.807) is 18.2 Å². The lowest BCUT2D eigenvalue weighted by molar-refractivity contribution is -0.130. The number of rotatable bonds is 8. The molecular weight excluding hydrogens is 464 g/mol. The van der Waals surface area contributed by atoms with Gasteiger partial charge in [0.05, 0.1) is 11.5 Å². The van der Waals surface area contributed by atoms with Gasteiger partial charge in [-0.3, -0.25) is 14.5 Å². The number of carbonyl (C=O) groups excluding carboxylic acids is 1. The van der Waals surface area contributed by atoms with Crippen LogP contribution in [0.25, 0.3) is 0 Å². The molecule has 4 rings (SSSR count). The van der Waals surface area contributed by atoms with Crippen molar-refractivity contribution in [2.45, 2.75) is 68.7 Å². The first-order valence-corrected chi connectivity index (χ1v) is 13.4. The van der Waals surface area contributed by atoms with Crippen LogP contribution in [0.2, 0.25) is 0 Å². The standard InChI is InChI=1S/C26H30N4O4S/c1-26(18-27,34-17-20-12-6-3-7-13-20)29-25(31)22(16-19-10-4-2-5-11-19)28-24-21-14-8-9-15-23(21)35(32,33)30-24/h3,6-9,12-15,19,22H,2,4-5,10-11,16-17H2,1H3,(H,28,30)(H,29,31). The van der Waals surface area contributed by atoms with E-state index in [1.807, 2.05) is 36.4 Å². The summed E-state index contributed by atoms with van der Waals surface area (Å²) in [6.45, 7) is 1.66. The Hall–Kier alpha value is -3.22. The van der Waals surface area contributed by atoms with E-state index in [-0.39, 0.29) is 17.3 Å². The molecule has 0 bridgehead atoms. The van der Waals surface area contributed by atoms with Gasteiger partial charge in [0.1, 0.15) is 17.9 Å². The van der Waals surface area contributed by atoms with E-state index >= 15 is 0 Å². The molecule has 184 valence electrons. The number of nitrogens with one attached hydrogen (secondary N) is 2. The summed E-state index contributed by atoms with van der Waals surface area (Å²) in [5.41, 5.74) is -0.248. The number of hydrogen-bond donors (Lipinski definition) is 2. The van der Waals surface area contributed by atoms with Crippen LogP contribution in [0.15, 0.2) is 64.5 Å². The summed E-state index contributed by atoms with van der Waals surface area (Å²) >= 11 is 0. The zero-order valence-electron chi connectivity index (χ0n) is 19.7. The van der Waals surface area contributed by atoms with Crippen LogP contribution < -0.4 is 10.0 Å². The predicted molar refractivity (Wildman–Crippen MR) is 132 cm³/mol. The fraction of sp³-hybridized carbons (Fsp3) is 0.423. The van der Waals surface area contributed by atoms with Crippen molar-refractivity contribution in [1.82, 2.24) is 10.0 Å². The quantitative estimate of drug-likeness (QED) is 0.543.